The minimum absolute atomic E-state index is 0.162. The summed E-state index contributed by atoms with van der Waals surface area (Å²) in [6.07, 6.45) is 0. The first-order valence-corrected chi connectivity index (χ1v) is 7.20. The summed E-state index contributed by atoms with van der Waals surface area (Å²) in [4.78, 5) is 12.5. The summed E-state index contributed by atoms with van der Waals surface area (Å²) in [5, 5.41) is 6.58. The van der Waals surface area contributed by atoms with E-state index in [1.807, 2.05) is 17.7 Å². The average Bonchev–Trinajstić information content (AvgIpc) is 2.85. The Morgan fingerprint density at radius 3 is 2.70 bits per heavy atom. The van der Waals surface area contributed by atoms with Gasteiger partial charge in [0.15, 0.2) is 0 Å². The lowest BCUT2D eigenvalue weighted by molar-refractivity contribution is 0.102. The van der Waals surface area contributed by atoms with Crippen molar-refractivity contribution in [3.05, 3.63) is 45.6 Å². The third-order valence-electron chi connectivity index (χ3n) is 2.83. The summed E-state index contributed by atoms with van der Waals surface area (Å²) < 4.78 is 5.26. The molecule has 2 aromatic rings. The van der Waals surface area contributed by atoms with E-state index in [9.17, 15) is 4.79 Å². The van der Waals surface area contributed by atoms with E-state index in [0.717, 1.165) is 5.56 Å². The topological polar surface area (TPSA) is 64.3 Å². The van der Waals surface area contributed by atoms with E-state index < -0.39 is 0 Å². The van der Waals surface area contributed by atoms with Gasteiger partial charge in [0.1, 0.15) is 10.7 Å². The Morgan fingerprint density at radius 1 is 1.40 bits per heavy atom. The van der Waals surface area contributed by atoms with Gasteiger partial charge in [-0.15, -0.1) is 0 Å². The van der Waals surface area contributed by atoms with E-state index in [1.54, 1.807) is 18.2 Å². The van der Waals surface area contributed by atoms with Crippen LogP contribution in [0.15, 0.2) is 29.0 Å². The molecule has 0 atom stereocenters. The number of benzene rings is 1. The lowest BCUT2D eigenvalue weighted by Gasteiger charge is -2.11. The van der Waals surface area contributed by atoms with Gasteiger partial charge in [0.25, 0.3) is 5.91 Å². The number of aryl methyl sites for hydroxylation is 1. The van der Waals surface area contributed by atoms with Crippen molar-refractivity contribution in [1.82, 2.24) is 0 Å². The second-order valence-electron chi connectivity index (χ2n) is 4.20. The number of methoxy groups -OCH3 is 1. The van der Waals surface area contributed by atoms with Gasteiger partial charge in [-0.25, -0.2) is 0 Å². The highest BCUT2D eigenvalue weighted by atomic mass is 32.1. The number of ether oxygens (including phenoxy) is 1. The number of rotatable bonds is 4. The smallest absolute Gasteiger partial charge is 0.256 e. The van der Waals surface area contributed by atoms with Crippen molar-refractivity contribution in [2.24, 2.45) is 5.73 Å². The first-order valence-electron chi connectivity index (χ1n) is 5.85. The second-order valence-corrected chi connectivity index (χ2v) is 5.39. The molecule has 0 saturated heterocycles. The second kappa shape index (κ2) is 6.02. The molecule has 1 amide bonds. The van der Waals surface area contributed by atoms with Crippen molar-refractivity contribution >= 4 is 40.1 Å². The van der Waals surface area contributed by atoms with Crippen LogP contribution in [0.25, 0.3) is 0 Å². The van der Waals surface area contributed by atoms with E-state index >= 15 is 0 Å². The molecule has 0 unspecified atom stereocenters. The molecular formula is C14H14N2O2S2. The van der Waals surface area contributed by atoms with E-state index in [4.69, 9.17) is 22.7 Å². The molecule has 0 aliphatic carbocycles. The molecule has 0 radical (unpaired) electrons. The SMILES string of the molecule is COc1cc(C(N)=S)ccc1NC(=O)c1cscc1C. The molecule has 1 heterocycles. The molecule has 104 valence electrons. The van der Waals surface area contributed by atoms with Gasteiger partial charge in [0.05, 0.1) is 18.4 Å². The lowest BCUT2D eigenvalue weighted by Crippen LogP contribution is -2.14. The Morgan fingerprint density at radius 2 is 2.15 bits per heavy atom. The molecule has 0 saturated carbocycles. The van der Waals surface area contributed by atoms with Crippen LogP contribution in [-0.2, 0) is 0 Å². The molecule has 1 aromatic heterocycles. The van der Waals surface area contributed by atoms with Crippen LogP contribution in [0.5, 0.6) is 5.75 Å². The highest BCUT2D eigenvalue weighted by Gasteiger charge is 2.13. The Labute approximate surface area is 126 Å². The molecule has 4 nitrogen and oxygen atoms in total. The van der Waals surface area contributed by atoms with Crippen LogP contribution < -0.4 is 15.8 Å². The van der Waals surface area contributed by atoms with Crippen LogP contribution in [-0.4, -0.2) is 18.0 Å². The van der Waals surface area contributed by atoms with Crippen molar-refractivity contribution in [2.75, 3.05) is 12.4 Å². The Bertz CT molecular complexity index is 665. The van der Waals surface area contributed by atoms with Crippen LogP contribution in [0.1, 0.15) is 21.5 Å². The molecule has 3 N–H and O–H groups in total. The molecule has 0 fully saturated rings. The van der Waals surface area contributed by atoms with Crippen molar-refractivity contribution < 1.29 is 9.53 Å². The largest absolute Gasteiger partial charge is 0.495 e. The molecule has 0 bridgehead atoms. The summed E-state index contributed by atoms with van der Waals surface area (Å²) in [5.41, 5.74) is 8.47. The third-order valence-corrected chi connectivity index (χ3v) is 3.93. The van der Waals surface area contributed by atoms with Crippen LogP contribution in [0.4, 0.5) is 5.69 Å². The number of amides is 1. The van der Waals surface area contributed by atoms with Gasteiger partial charge in [0, 0.05) is 10.9 Å². The lowest BCUT2D eigenvalue weighted by atomic mass is 10.1. The van der Waals surface area contributed by atoms with Gasteiger partial charge in [-0.3, -0.25) is 4.79 Å². The van der Waals surface area contributed by atoms with Crippen molar-refractivity contribution in [1.29, 1.82) is 0 Å². The minimum Gasteiger partial charge on any atom is -0.495 e. The Kier molecular flexibility index (Phi) is 4.36. The number of nitrogens with one attached hydrogen (secondary N) is 1. The summed E-state index contributed by atoms with van der Waals surface area (Å²) in [6, 6.07) is 5.19. The zero-order chi connectivity index (χ0) is 14.7. The third kappa shape index (κ3) is 2.97. The van der Waals surface area contributed by atoms with E-state index in [0.29, 0.717) is 22.6 Å². The van der Waals surface area contributed by atoms with Crippen LogP contribution >= 0.6 is 23.6 Å². The van der Waals surface area contributed by atoms with Crippen molar-refractivity contribution in [2.45, 2.75) is 6.92 Å². The van der Waals surface area contributed by atoms with Gasteiger partial charge in [0.2, 0.25) is 0 Å². The average molecular weight is 306 g/mol. The van der Waals surface area contributed by atoms with Crippen molar-refractivity contribution in [3.8, 4) is 5.75 Å². The van der Waals surface area contributed by atoms with Crippen LogP contribution in [0.3, 0.4) is 0 Å². The highest BCUT2D eigenvalue weighted by Crippen LogP contribution is 2.26. The van der Waals surface area contributed by atoms with Gasteiger partial charge < -0.3 is 15.8 Å². The standard InChI is InChI=1S/C14H14N2O2S2/c1-8-6-20-7-10(8)14(17)16-11-4-3-9(13(15)19)5-12(11)18-2/h3-7H,1-2H3,(H2,15,19)(H,16,17). The number of carbonyl (C=O) groups is 1. The zero-order valence-corrected chi connectivity index (χ0v) is 12.7. The Hall–Kier alpha value is -1.92. The summed E-state index contributed by atoms with van der Waals surface area (Å²) in [7, 11) is 1.53. The number of hydrogen-bond donors (Lipinski definition) is 2. The summed E-state index contributed by atoms with van der Waals surface area (Å²) >= 11 is 6.41. The molecule has 0 aliphatic heterocycles. The number of thiophene rings is 1. The monoisotopic (exact) mass is 306 g/mol. The quantitative estimate of drug-likeness (QED) is 0.852. The van der Waals surface area contributed by atoms with Crippen LogP contribution in [0.2, 0.25) is 0 Å². The highest BCUT2D eigenvalue weighted by molar-refractivity contribution is 7.80. The molecule has 2 rings (SSSR count). The van der Waals surface area contributed by atoms with E-state index in [1.165, 1.54) is 18.4 Å². The fourth-order valence-corrected chi connectivity index (χ4v) is 2.69. The van der Waals surface area contributed by atoms with Gasteiger partial charge in [-0.2, -0.15) is 11.3 Å². The van der Waals surface area contributed by atoms with E-state index in [2.05, 4.69) is 5.32 Å². The predicted molar refractivity (Wildman–Crippen MR) is 85.9 cm³/mol. The Balaban J connectivity index is 2.27. The fraction of sp³-hybridized carbons (Fsp3) is 0.143. The minimum atomic E-state index is -0.162. The molecule has 0 aliphatic rings. The number of thiocarbonyl (C=S) groups is 1. The normalized spacial score (nSPS) is 10.1. The van der Waals surface area contributed by atoms with Gasteiger partial charge in [-0.1, -0.05) is 12.2 Å². The maximum absolute atomic E-state index is 12.2. The maximum Gasteiger partial charge on any atom is 0.256 e. The predicted octanol–water partition coefficient (Wildman–Crippen LogP) is 2.95. The van der Waals surface area contributed by atoms with Gasteiger partial charge in [-0.05, 0) is 36.1 Å². The molecule has 20 heavy (non-hydrogen) atoms. The number of hydrogen-bond acceptors (Lipinski definition) is 4. The summed E-state index contributed by atoms with van der Waals surface area (Å²) in [6.45, 7) is 1.90. The zero-order valence-electron chi connectivity index (χ0n) is 11.1. The van der Waals surface area contributed by atoms with Crippen LogP contribution in [0, 0.1) is 6.92 Å². The van der Waals surface area contributed by atoms with Crippen molar-refractivity contribution in [3.63, 3.8) is 0 Å². The molecule has 1 aromatic carbocycles. The molecule has 0 spiro atoms. The number of nitrogens with two attached hydrogens (primary N) is 1. The fourth-order valence-electron chi connectivity index (χ4n) is 1.73. The van der Waals surface area contributed by atoms with E-state index in [-0.39, 0.29) is 10.9 Å². The summed E-state index contributed by atoms with van der Waals surface area (Å²) in [5.74, 6) is 0.363. The first-order chi connectivity index (χ1) is 9.52. The molecular weight excluding hydrogens is 292 g/mol. The number of carbonyl (C=O) groups excluding carboxylic acids is 1. The molecule has 6 heteroatoms. The number of anilines is 1. The maximum atomic E-state index is 12.2. The first kappa shape index (κ1) is 14.5. The van der Waals surface area contributed by atoms with Gasteiger partial charge >= 0.3 is 0 Å².